The zero-order valence-electron chi connectivity index (χ0n) is 17.3. The first-order valence-electron chi connectivity index (χ1n) is 9.16. The molecule has 0 unspecified atom stereocenters. The highest BCUT2D eigenvalue weighted by atomic mass is 127. The van der Waals surface area contributed by atoms with E-state index in [2.05, 4.69) is 39.9 Å². The van der Waals surface area contributed by atoms with Gasteiger partial charge in [-0.3, -0.25) is 9.67 Å². The van der Waals surface area contributed by atoms with E-state index < -0.39 is 17.2 Å². The van der Waals surface area contributed by atoms with Crippen molar-refractivity contribution in [1.82, 2.24) is 25.7 Å². The summed E-state index contributed by atoms with van der Waals surface area (Å²) in [5, 5.41) is 13.7. The van der Waals surface area contributed by atoms with Crippen LogP contribution in [0.4, 0.5) is 4.79 Å². The van der Waals surface area contributed by atoms with Crippen LogP contribution < -0.4 is 16.0 Å². The lowest BCUT2D eigenvalue weighted by Crippen LogP contribution is -2.57. The molecule has 0 radical (unpaired) electrons. The van der Waals surface area contributed by atoms with Gasteiger partial charge in [-0.05, 0) is 39.7 Å². The van der Waals surface area contributed by atoms with Gasteiger partial charge in [-0.2, -0.15) is 5.10 Å². The molecule has 0 saturated carbocycles. The number of hydrogen-bond donors (Lipinski definition) is 3. The lowest BCUT2D eigenvalue weighted by molar-refractivity contribution is 0.0448. The van der Waals surface area contributed by atoms with Gasteiger partial charge in [-0.1, -0.05) is 13.8 Å². The van der Waals surface area contributed by atoms with Crippen molar-refractivity contribution < 1.29 is 9.53 Å². The monoisotopic (exact) mass is 494 g/mol. The van der Waals surface area contributed by atoms with E-state index in [1.165, 1.54) is 0 Å². The fourth-order valence-electron chi connectivity index (χ4n) is 2.44. The van der Waals surface area contributed by atoms with Crippen molar-refractivity contribution in [2.75, 3.05) is 20.1 Å². The number of aliphatic imine (C=N–C) groups is 1. The molecule has 156 valence electrons. The van der Waals surface area contributed by atoms with Crippen molar-refractivity contribution >= 4 is 36.0 Å². The number of alkyl carbamates (subject to hydrolysis) is 1. The zero-order chi connectivity index (χ0) is 19.6. The molecule has 27 heavy (non-hydrogen) atoms. The zero-order valence-corrected chi connectivity index (χ0v) is 19.7. The molecular weight excluding hydrogens is 459 g/mol. The van der Waals surface area contributed by atoms with Gasteiger partial charge in [0.2, 0.25) is 0 Å². The van der Waals surface area contributed by atoms with Crippen molar-refractivity contribution in [1.29, 1.82) is 0 Å². The van der Waals surface area contributed by atoms with E-state index in [-0.39, 0.29) is 24.0 Å². The van der Waals surface area contributed by atoms with E-state index in [4.69, 9.17) is 4.74 Å². The van der Waals surface area contributed by atoms with E-state index in [0.29, 0.717) is 19.0 Å². The minimum absolute atomic E-state index is 0. The minimum Gasteiger partial charge on any atom is -0.444 e. The molecule has 0 spiro atoms. The van der Waals surface area contributed by atoms with Gasteiger partial charge < -0.3 is 20.7 Å². The maximum Gasteiger partial charge on any atom is 0.408 e. The summed E-state index contributed by atoms with van der Waals surface area (Å²) < 4.78 is 7.26. The Balaban J connectivity index is 0.00000676. The molecule has 1 heterocycles. The smallest absolute Gasteiger partial charge is 0.408 e. The van der Waals surface area contributed by atoms with Crippen molar-refractivity contribution in [3.8, 4) is 0 Å². The first kappa shape index (κ1) is 25.5. The number of guanidine groups is 1. The van der Waals surface area contributed by atoms with Gasteiger partial charge in [-0.15, -0.1) is 24.0 Å². The number of hydrogen-bond acceptors (Lipinski definition) is 4. The first-order chi connectivity index (χ1) is 12.2. The highest BCUT2D eigenvalue weighted by Gasteiger charge is 2.30. The van der Waals surface area contributed by atoms with Crippen molar-refractivity contribution in [3.05, 3.63) is 18.5 Å². The van der Waals surface area contributed by atoms with Gasteiger partial charge in [0.1, 0.15) is 5.60 Å². The summed E-state index contributed by atoms with van der Waals surface area (Å²) in [4.78, 5) is 16.4. The molecule has 0 fully saturated rings. The molecular formula is C18H35IN6O2. The molecule has 0 atom stereocenters. The second-order valence-electron chi connectivity index (χ2n) is 7.24. The normalized spacial score (nSPS) is 12.1. The highest BCUT2D eigenvalue weighted by molar-refractivity contribution is 14.0. The summed E-state index contributed by atoms with van der Waals surface area (Å²) in [6, 6.07) is 1.90. The standard InChI is InChI=1S/C18H34N6O2.HI/c1-7-18(8-2,23-16(25)26-17(3,4)5)14-21-15(19-6)20-11-13-24-12-9-10-22-24;/h9-10,12H,7-8,11,13-14H2,1-6H3,(H,23,25)(H2,19,20,21);1H. The van der Waals surface area contributed by atoms with E-state index in [1.807, 2.05) is 37.7 Å². The number of halogens is 1. The Kier molecular flexibility index (Phi) is 11.4. The molecule has 1 amide bonds. The van der Waals surface area contributed by atoms with Crippen LogP contribution >= 0.6 is 24.0 Å². The van der Waals surface area contributed by atoms with E-state index in [0.717, 1.165) is 19.4 Å². The molecule has 1 aromatic heterocycles. The molecule has 1 aromatic rings. The van der Waals surface area contributed by atoms with Crippen LogP contribution in [0.2, 0.25) is 0 Å². The van der Waals surface area contributed by atoms with Crippen LogP contribution in [0.1, 0.15) is 47.5 Å². The van der Waals surface area contributed by atoms with Crippen LogP contribution in [0, 0.1) is 0 Å². The van der Waals surface area contributed by atoms with E-state index in [9.17, 15) is 4.79 Å². The van der Waals surface area contributed by atoms with Gasteiger partial charge in [-0.25, -0.2) is 4.79 Å². The number of nitrogens with zero attached hydrogens (tertiary/aromatic N) is 3. The Bertz CT molecular complexity index is 565. The van der Waals surface area contributed by atoms with Crippen molar-refractivity contribution in [2.24, 2.45) is 4.99 Å². The first-order valence-corrected chi connectivity index (χ1v) is 9.16. The molecule has 0 aliphatic carbocycles. The summed E-state index contributed by atoms with van der Waals surface area (Å²) in [6.07, 6.45) is 4.83. The molecule has 0 aliphatic heterocycles. The molecule has 3 N–H and O–H groups in total. The van der Waals surface area contributed by atoms with Gasteiger partial charge in [0.25, 0.3) is 0 Å². The summed E-state index contributed by atoms with van der Waals surface area (Å²) >= 11 is 0. The number of ether oxygens (including phenoxy) is 1. The van der Waals surface area contributed by atoms with Crippen LogP contribution in [0.3, 0.4) is 0 Å². The highest BCUT2D eigenvalue weighted by Crippen LogP contribution is 2.16. The fraction of sp³-hybridized carbons (Fsp3) is 0.722. The lowest BCUT2D eigenvalue weighted by Gasteiger charge is -2.34. The summed E-state index contributed by atoms with van der Waals surface area (Å²) in [6.45, 7) is 11.7. The largest absolute Gasteiger partial charge is 0.444 e. The van der Waals surface area contributed by atoms with Crippen LogP contribution in [-0.4, -0.2) is 53.1 Å². The van der Waals surface area contributed by atoms with Crippen LogP contribution in [0.25, 0.3) is 0 Å². The molecule has 0 saturated heterocycles. The molecule has 8 nitrogen and oxygen atoms in total. The Morgan fingerprint density at radius 3 is 2.37 bits per heavy atom. The van der Waals surface area contributed by atoms with Crippen LogP contribution in [0.15, 0.2) is 23.5 Å². The topological polar surface area (TPSA) is 92.6 Å². The number of carbonyl (C=O) groups excluding carboxylic acids is 1. The number of rotatable bonds is 8. The Hall–Kier alpha value is -1.52. The van der Waals surface area contributed by atoms with E-state index >= 15 is 0 Å². The number of amides is 1. The minimum atomic E-state index is -0.519. The lowest BCUT2D eigenvalue weighted by atomic mass is 9.93. The Morgan fingerprint density at radius 2 is 1.89 bits per heavy atom. The van der Waals surface area contributed by atoms with Crippen LogP contribution in [-0.2, 0) is 11.3 Å². The quantitative estimate of drug-likeness (QED) is 0.294. The number of carbonyl (C=O) groups is 1. The van der Waals surface area contributed by atoms with Gasteiger partial charge >= 0.3 is 6.09 Å². The molecule has 0 aromatic carbocycles. The SMILES string of the molecule is CCC(CC)(CNC(=NC)NCCn1cccn1)NC(=O)OC(C)(C)C.I. The fourth-order valence-corrected chi connectivity index (χ4v) is 2.44. The predicted octanol–water partition coefficient (Wildman–Crippen LogP) is 2.75. The average molecular weight is 494 g/mol. The van der Waals surface area contributed by atoms with E-state index in [1.54, 1.807) is 13.2 Å². The maximum atomic E-state index is 12.2. The second-order valence-corrected chi connectivity index (χ2v) is 7.24. The molecule has 9 heteroatoms. The molecule has 0 aliphatic rings. The summed E-state index contributed by atoms with van der Waals surface area (Å²) in [7, 11) is 1.73. The van der Waals surface area contributed by atoms with Gasteiger partial charge in [0, 0.05) is 32.5 Å². The Morgan fingerprint density at radius 1 is 1.22 bits per heavy atom. The van der Waals surface area contributed by atoms with Gasteiger partial charge in [0.05, 0.1) is 12.1 Å². The van der Waals surface area contributed by atoms with Crippen molar-refractivity contribution in [3.63, 3.8) is 0 Å². The molecule has 0 bridgehead atoms. The number of nitrogens with one attached hydrogen (secondary N) is 3. The third-order valence-corrected chi connectivity index (χ3v) is 4.13. The van der Waals surface area contributed by atoms with Crippen molar-refractivity contribution in [2.45, 2.75) is 65.1 Å². The summed E-state index contributed by atoms with van der Waals surface area (Å²) in [5.41, 5.74) is -0.920. The third kappa shape index (κ3) is 9.83. The van der Waals surface area contributed by atoms with Crippen LogP contribution in [0.5, 0.6) is 0 Å². The Labute approximate surface area is 179 Å². The molecule has 1 rings (SSSR count). The average Bonchev–Trinajstić information content (AvgIpc) is 3.08. The maximum absolute atomic E-state index is 12.2. The predicted molar refractivity (Wildman–Crippen MR) is 120 cm³/mol. The third-order valence-electron chi connectivity index (χ3n) is 4.13. The van der Waals surface area contributed by atoms with Gasteiger partial charge in [0.15, 0.2) is 5.96 Å². The second kappa shape index (κ2) is 12.0. The summed E-state index contributed by atoms with van der Waals surface area (Å²) in [5.74, 6) is 0.689. The number of aromatic nitrogens is 2.